The van der Waals surface area contributed by atoms with Crippen molar-refractivity contribution >= 4 is 29.1 Å². The SMILES string of the molecule is CCc1nnc2n1N=C(C)[C@@H](C(=O)Nc1ccccc1)S2. The molecule has 2 aromatic rings. The van der Waals surface area contributed by atoms with Crippen molar-refractivity contribution in [2.75, 3.05) is 5.32 Å². The number of thioether (sulfide) groups is 1. The summed E-state index contributed by atoms with van der Waals surface area (Å²) in [7, 11) is 0. The monoisotopic (exact) mass is 301 g/mol. The van der Waals surface area contributed by atoms with Crippen molar-refractivity contribution in [2.24, 2.45) is 5.10 Å². The summed E-state index contributed by atoms with van der Waals surface area (Å²) in [6.07, 6.45) is 0.755. The maximum absolute atomic E-state index is 12.4. The second kappa shape index (κ2) is 5.69. The predicted octanol–water partition coefficient (Wildman–Crippen LogP) is 2.18. The van der Waals surface area contributed by atoms with Crippen LogP contribution in [0.5, 0.6) is 0 Å². The number of rotatable bonds is 3. The third kappa shape index (κ3) is 2.69. The number of hydrogen-bond acceptors (Lipinski definition) is 5. The summed E-state index contributed by atoms with van der Waals surface area (Å²) in [4.78, 5) is 12.4. The Morgan fingerprint density at radius 3 is 2.81 bits per heavy atom. The summed E-state index contributed by atoms with van der Waals surface area (Å²) in [5.74, 6) is 0.707. The molecule has 0 fully saturated rings. The molecule has 3 rings (SSSR count). The highest BCUT2D eigenvalue weighted by molar-refractivity contribution is 8.01. The molecule has 6 nitrogen and oxygen atoms in total. The summed E-state index contributed by atoms with van der Waals surface area (Å²) in [5.41, 5.74) is 1.52. The van der Waals surface area contributed by atoms with E-state index in [1.165, 1.54) is 11.8 Å². The first-order chi connectivity index (χ1) is 10.2. The number of benzene rings is 1. The fraction of sp³-hybridized carbons (Fsp3) is 0.286. The maximum atomic E-state index is 12.4. The standard InChI is InChI=1S/C14H15N5OS/c1-3-11-16-17-14-19(11)18-9(2)12(21-14)13(20)15-10-7-5-4-6-8-10/h4-8,12H,3H2,1-2H3,(H,15,20)/t12-/m0/s1. The molecule has 21 heavy (non-hydrogen) atoms. The lowest BCUT2D eigenvalue weighted by molar-refractivity contribution is -0.114. The van der Waals surface area contributed by atoms with Gasteiger partial charge in [0, 0.05) is 12.1 Å². The largest absolute Gasteiger partial charge is 0.325 e. The number of para-hydroxylation sites is 1. The molecule has 0 spiro atoms. The number of fused-ring (bicyclic) bond motifs is 1. The number of carbonyl (C=O) groups excluding carboxylic acids is 1. The van der Waals surface area contributed by atoms with E-state index >= 15 is 0 Å². The topological polar surface area (TPSA) is 72.2 Å². The first-order valence-electron chi connectivity index (χ1n) is 6.71. The second-order valence-corrected chi connectivity index (χ2v) is 5.73. The van der Waals surface area contributed by atoms with Crippen LogP contribution >= 0.6 is 11.8 Å². The highest BCUT2D eigenvalue weighted by Gasteiger charge is 2.30. The van der Waals surface area contributed by atoms with Gasteiger partial charge in [-0.1, -0.05) is 36.9 Å². The van der Waals surface area contributed by atoms with E-state index in [1.807, 2.05) is 44.2 Å². The molecular weight excluding hydrogens is 286 g/mol. The van der Waals surface area contributed by atoms with Crippen molar-refractivity contribution in [3.8, 4) is 0 Å². The number of carbonyl (C=O) groups is 1. The van der Waals surface area contributed by atoms with Gasteiger partial charge in [0.05, 0.1) is 5.71 Å². The lowest BCUT2D eigenvalue weighted by Crippen LogP contribution is -2.34. The highest BCUT2D eigenvalue weighted by atomic mass is 32.2. The third-order valence-corrected chi connectivity index (χ3v) is 4.39. The predicted molar refractivity (Wildman–Crippen MR) is 82.6 cm³/mol. The number of hydrogen-bond donors (Lipinski definition) is 1. The number of aromatic nitrogens is 3. The van der Waals surface area contributed by atoms with Crippen LogP contribution in [0.4, 0.5) is 5.69 Å². The minimum Gasteiger partial charge on any atom is -0.325 e. The molecule has 2 heterocycles. The smallest absolute Gasteiger partial charge is 0.243 e. The van der Waals surface area contributed by atoms with Crippen molar-refractivity contribution in [2.45, 2.75) is 30.7 Å². The van der Waals surface area contributed by atoms with Gasteiger partial charge in [0.2, 0.25) is 11.1 Å². The molecule has 0 unspecified atom stereocenters. The average molecular weight is 301 g/mol. The number of nitrogens with zero attached hydrogens (tertiary/aromatic N) is 4. The summed E-state index contributed by atoms with van der Waals surface area (Å²) < 4.78 is 1.71. The fourth-order valence-electron chi connectivity index (χ4n) is 2.06. The zero-order valence-electron chi connectivity index (χ0n) is 11.8. The van der Waals surface area contributed by atoms with Gasteiger partial charge in [0.15, 0.2) is 5.82 Å². The first-order valence-corrected chi connectivity index (χ1v) is 7.59. The van der Waals surface area contributed by atoms with Gasteiger partial charge >= 0.3 is 0 Å². The van der Waals surface area contributed by atoms with Crippen molar-refractivity contribution in [1.82, 2.24) is 14.9 Å². The van der Waals surface area contributed by atoms with Crippen molar-refractivity contribution < 1.29 is 4.79 Å². The first kappa shape index (κ1) is 13.8. The Labute approximate surface area is 126 Å². The van der Waals surface area contributed by atoms with E-state index in [-0.39, 0.29) is 11.2 Å². The quantitative estimate of drug-likeness (QED) is 0.943. The van der Waals surface area contributed by atoms with Gasteiger partial charge in [-0.25, -0.2) is 0 Å². The Morgan fingerprint density at radius 2 is 2.10 bits per heavy atom. The molecule has 1 atom stereocenters. The van der Waals surface area contributed by atoms with Crippen LogP contribution < -0.4 is 5.32 Å². The summed E-state index contributed by atoms with van der Waals surface area (Å²) in [6.45, 7) is 3.85. The minimum absolute atomic E-state index is 0.0975. The molecule has 1 aromatic carbocycles. The van der Waals surface area contributed by atoms with Gasteiger partial charge in [0.1, 0.15) is 5.25 Å². The molecule has 0 saturated heterocycles. The summed E-state index contributed by atoms with van der Waals surface area (Å²) in [6, 6.07) is 9.39. The Hall–Kier alpha value is -2.15. The second-order valence-electron chi connectivity index (χ2n) is 4.66. The van der Waals surface area contributed by atoms with E-state index in [2.05, 4.69) is 20.6 Å². The minimum atomic E-state index is -0.383. The van der Waals surface area contributed by atoms with Gasteiger partial charge in [-0.15, -0.1) is 10.2 Å². The summed E-state index contributed by atoms with van der Waals surface area (Å²) >= 11 is 1.38. The average Bonchev–Trinajstić information content (AvgIpc) is 2.89. The molecule has 0 radical (unpaired) electrons. The van der Waals surface area contributed by atoms with E-state index in [9.17, 15) is 4.79 Å². The Bertz CT molecular complexity index is 695. The maximum Gasteiger partial charge on any atom is 0.243 e. The van der Waals surface area contributed by atoms with E-state index < -0.39 is 0 Å². The van der Waals surface area contributed by atoms with E-state index in [0.29, 0.717) is 5.16 Å². The van der Waals surface area contributed by atoms with Gasteiger partial charge in [-0.2, -0.15) is 9.78 Å². The molecule has 0 saturated carbocycles. The number of anilines is 1. The lowest BCUT2D eigenvalue weighted by atomic mass is 10.2. The van der Waals surface area contributed by atoms with Gasteiger partial charge in [-0.05, 0) is 19.1 Å². The van der Waals surface area contributed by atoms with Crippen LogP contribution in [-0.2, 0) is 11.2 Å². The summed E-state index contributed by atoms with van der Waals surface area (Å²) in [5, 5.41) is 15.8. The highest BCUT2D eigenvalue weighted by Crippen LogP contribution is 2.29. The number of nitrogens with one attached hydrogen (secondary N) is 1. The van der Waals surface area contributed by atoms with Crippen LogP contribution in [-0.4, -0.2) is 31.7 Å². The van der Waals surface area contributed by atoms with Crippen LogP contribution in [0, 0.1) is 0 Å². The molecule has 1 aliphatic rings. The molecule has 108 valence electrons. The Kier molecular flexibility index (Phi) is 3.74. The van der Waals surface area contributed by atoms with Crippen LogP contribution in [0.1, 0.15) is 19.7 Å². The molecule has 1 aliphatic heterocycles. The molecule has 1 aromatic heterocycles. The Balaban J connectivity index is 1.80. The van der Waals surface area contributed by atoms with Gasteiger partial charge in [-0.3, -0.25) is 4.79 Å². The lowest BCUT2D eigenvalue weighted by Gasteiger charge is -2.20. The molecule has 0 aliphatic carbocycles. The van der Waals surface area contributed by atoms with Gasteiger partial charge < -0.3 is 5.32 Å². The zero-order chi connectivity index (χ0) is 14.8. The van der Waals surface area contributed by atoms with E-state index in [4.69, 9.17) is 0 Å². The number of aryl methyl sites for hydroxylation is 1. The van der Waals surface area contributed by atoms with E-state index in [0.717, 1.165) is 23.6 Å². The van der Waals surface area contributed by atoms with Crippen LogP contribution in [0.25, 0.3) is 0 Å². The fourth-order valence-corrected chi connectivity index (χ4v) is 2.99. The van der Waals surface area contributed by atoms with Gasteiger partial charge in [0.25, 0.3) is 0 Å². The number of amides is 1. The van der Waals surface area contributed by atoms with Crippen LogP contribution in [0.3, 0.4) is 0 Å². The molecule has 1 N–H and O–H groups in total. The normalized spacial score (nSPS) is 17.0. The van der Waals surface area contributed by atoms with Crippen LogP contribution in [0.15, 0.2) is 40.6 Å². The zero-order valence-corrected chi connectivity index (χ0v) is 12.6. The van der Waals surface area contributed by atoms with Crippen molar-refractivity contribution in [1.29, 1.82) is 0 Å². The molecule has 0 bridgehead atoms. The molecular formula is C14H15N5OS. The van der Waals surface area contributed by atoms with E-state index in [1.54, 1.807) is 4.68 Å². The molecule has 7 heteroatoms. The molecule has 1 amide bonds. The Morgan fingerprint density at radius 1 is 1.33 bits per heavy atom. The van der Waals surface area contributed by atoms with Crippen molar-refractivity contribution in [3.05, 3.63) is 36.2 Å². The van der Waals surface area contributed by atoms with Crippen molar-refractivity contribution in [3.63, 3.8) is 0 Å². The third-order valence-electron chi connectivity index (χ3n) is 3.13. The van der Waals surface area contributed by atoms with Crippen LogP contribution in [0.2, 0.25) is 0 Å².